The number of ketones is 1. The van der Waals surface area contributed by atoms with E-state index in [0.29, 0.717) is 22.5 Å². The van der Waals surface area contributed by atoms with Gasteiger partial charge in [0, 0.05) is 47.4 Å². The minimum atomic E-state index is -0.296. The molecule has 1 aliphatic heterocycles. The Kier molecular flexibility index (Phi) is 7.53. The Bertz CT molecular complexity index is 1140. The zero-order chi connectivity index (χ0) is 21.8. The third-order valence-corrected chi connectivity index (χ3v) is 5.57. The van der Waals surface area contributed by atoms with Crippen LogP contribution < -0.4 is 5.32 Å². The van der Waals surface area contributed by atoms with Gasteiger partial charge in [0.25, 0.3) is 5.91 Å². The summed E-state index contributed by atoms with van der Waals surface area (Å²) in [5, 5.41) is 2.78. The average molecular weight is 493 g/mol. The van der Waals surface area contributed by atoms with E-state index in [-0.39, 0.29) is 25.5 Å². The highest BCUT2D eigenvalue weighted by atomic mass is 79.9. The first-order valence-corrected chi connectivity index (χ1v) is 10.7. The van der Waals surface area contributed by atoms with Crippen molar-refractivity contribution in [1.82, 2.24) is 9.88 Å². The second-order valence-electron chi connectivity index (χ2n) is 7.28. The minimum Gasteiger partial charge on any atom is -0.358 e. The highest BCUT2D eigenvalue weighted by molar-refractivity contribution is 9.10. The van der Waals surface area contributed by atoms with Crippen molar-refractivity contribution in [3.63, 3.8) is 0 Å². The number of hydrogen-bond donors (Lipinski definition) is 1. The second kappa shape index (κ2) is 10.3. The van der Waals surface area contributed by atoms with Crippen LogP contribution in [0.2, 0.25) is 0 Å². The number of nitrogens with zero attached hydrogens (tertiary/aromatic N) is 3. The molecule has 0 spiro atoms. The topological polar surface area (TPSA) is 74.7 Å². The molecule has 7 heteroatoms. The van der Waals surface area contributed by atoms with Crippen LogP contribution in [0, 0.1) is 0 Å². The molecule has 164 valence electrons. The van der Waals surface area contributed by atoms with E-state index in [0.717, 1.165) is 29.0 Å². The Hall–Kier alpha value is -3.32. The van der Waals surface area contributed by atoms with Gasteiger partial charge < -0.3 is 10.2 Å². The molecule has 0 saturated heterocycles. The zero-order valence-electron chi connectivity index (χ0n) is 17.0. The lowest BCUT2D eigenvalue weighted by Crippen LogP contribution is -2.23. The number of aromatic nitrogens is 1. The normalized spacial score (nSPS) is 12.7. The lowest BCUT2D eigenvalue weighted by atomic mass is 9.97. The van der Waals surface area contributed by atoms with Crippen LogP contribution in [0.4, 0.5) is 5.82 Å². The summed E-state index contributed by atoms with van der Waals surface area (Å²) in [5.41, 5.74) is 2.73. The summed E-state index contributed by atoms with van der Waals surface area (Å²) in [7, 11) is 2.01. The van der Waals surface area contributed by atoms with Gasteiger partial charge in [-0.3, -0.25) is 14.6 Å². The molecule has 3 aromatic rings. The summed E-state index contributed by atoms with van der Waals surface area (Å²) in [4.78, 5) is 36.4. The number of anilines is 1. The molecule has 1 aromatic heterocycles. The highest BCUT2D eigenvalue weighted by Crippen LogP contribution is 2.17. The van der Waals surface area contributed by atoms with Crippen molar-refractivity contribution in [3.05, 3.63) is 93.6 Å². The first kappa shape index (κ1) is 23.3. The van der Waals surface area contributed by atoms with Crippen molar-refractivity contribution in [2.45, 2.75) is 13.8 Å². The van der Waals surface area contributed by atoms with E-state index < -0.39 is 0 Å². The second-order valence-corrected chi connectivity index (χ2v) is 8.19. The van der Waals surface area contributed by atoms with E-state index in [2.05, 4.69) is 36.1 Å². The molecule has 0 saturated carbocycles. The largest absolute Gasteiger partial charge is 0.358 e. The fraction of sp³-hybridized carbons (Fsp3) is 0.200. The van der Waals surface area contributed by atoms with Gasteiger partial charge >= 0.3 is 0 Å². The molecule has 1 amide bonds. The van der Waals surface area contributed by atoms with Gasteiger partial charge in [-0.2, -0.15) is 0 Å². The fourth-order valence-corrected chi connectivity index (χ4v) is 3.69. The third kappa shape index (κ3) is 5.29. The molecule has 4 rings (SSSR count). The summed E-state index contributed by atoms with van der Waals surface area (Å²) in [5.74, 6) is 1.05. The molecule has 2 heterocycles. The Balaban J connectivity index is 0.00000289. The number of amidine groups is 1. The summed E-state index contributed by atoms with van der Waals surface area (Å²) >= 11 is 3.32. The predicted octanol–water partition coefficient (Wildman–Crippen LogP) is 4.85. The van der Waals surface area contributed by atoms with Crippen LogP contribution in [0.5, 0.6) is 0 Å². The van der Waals surface area contributed by atoms with Gasteiger partial charge in [0.05, 0.1) is 6.54 Å². The maximum Gasteiger partial charge on any atom is 0.257 e. The molecule has 0 aliphatic carbocycles. The Morgan fingerprint density at radius 3 is 2.47 bits per heavy atom. The van der Waals surface area contributed by atoms with E-state index in [9.17, 15) is 9.59 Å². The number of benzene rings is 2. The van der Waals surface area contributed by atoms with Crippen LogP contribution in [0.25, 0.3) is 0 Å². The van der Waals surface area contributed by atoms with Gasteiger partial charge in [0.2, 0.25) is 0 Å². The van der Waals surface area contributed by atoms with Crippen molar-refractivity contribution < 1.29 is 9.59 Å². The number of aliphatic imine (C=N–C) groups is 1. The van der Waals surface area contributed by atoms with Crippen LogP contribution in [0.1, 0.15) is 39.3 Å². The van der Waals surface area contributed by atoms with Crippen LogP contribution in [0.3, 0.4) is 0 Å². The Labute approximate surface area is 196 Å². The standard InChI is InChI=1S/C24H21BrN4O2.CH4/c1-29-13-12-26-23(29)17-8-6-16(7-9-17)21(30)14-18-4-2-3-5-20(18)24(31)28-22-11-10-19(25)15-27-22;/h2-11,15H,12-14H2,1H3,(H,27,28,31);1H4. The quantitative estimate of drug-likeness (QED) is 0.499. The van der Waals surface area contributed by atoms with Gasteiger partial charge in [0.1, 0.15) is 11.7 Å². The first-order chi connectivity index (χ1) is 15.0. The molecule has 1 aliphatic rings. The van der Waals surface area contributed by atoms with Crippen molar-refractivity contribution in [2.24, 2.45) is 4.99 Å². The highest BCUT2D eigenvalue weighted by Gasteiger charge is 2.17. The SMILES string of the molecule is C.CN1CCN=C1c1ccc(C(=O)Cc2ccccc2C(=O)Nc2ccc(Br)cn2)cc1. The summed E-state index contributed by atoms with van der Waals surface area (Å²) in [6.45, 7) is 1.70. The number of hydrogen-bond acceptors (Lipinski definition) is 5. The van der Waals surface area contributed by atoms with Crippen LogP contribution in [-0.4, -0.2) is 47.5 Å². The minimum absolute atomic E-state index is 0. The van der Waals surface area contributed by atoms with Crippen molar-refractivity contribution in [3.8, 4) is 0 Å². The van der Waals surface area contributed by atoms with Gasteiger partial charge in [-0.15, -0.1) is 0 Å². The third-order valence-electron chi connectivity index (χ3n) is 5.11. The molecule has 0 fully saturated rings. The Morgan fingerprint density at radius 1 is 1.06 bits per heavy atom. The van der Waals surface area contributed by atoms with Crippen LogP contribution >= 0.6 is 15.9 Å². The number of carbonyl (C=O) groups is 2. The van der Waals surface area contributed by atoms with E-state index >= 15 is 0 Å². The molecular formula is C25H25BrN4O2. The molecule has 0 bridgehead atoms. The van der Waals surface area contributed by atoms with E-state index in [1.165, 1.54) is 0 Å². The molecule has 0 unspecified atom stereocenters. The number of likely N-dealkylation sites (N-methyl/N-ethyl adjacent to an activating group) is 1. The number of nitrogens with one attached hydrogen (secondary N) is 1. The molecule has 32 heavy (non-hydrogen) atoms. The van der Waals surface area contributed by atoms with Gasteiger partial charge in [-0.05, 0) is 39.7 Å². The summed E-state index contributed by atoms with van der Waals surface area (Å²) in [6.07, 6.45) is 1.75. The molecule has 6 nitrogen and oxygen atoms in total. The molecule has 0 radical (unpaired) electrons. The van der Waals surface area contributed by atoms with E-state index in [1.807, 2.05) is 37.4 Å². The average Bonchev–Trinajstić information content (AvgIpc) is 3.21. The number of carbonyl (C=O) groups excluding carboxylic acids is 2. The first-order valence-electron chi connectivity index (χ1n) is 9.91. The van der Waals surface area contributed by atoms with Gasteiger partial charge in [-0.1, -0.05) is 49.9 Å². The number of amides is 1. The number of pyridine rings is 1. The molecule has 2 aromatic carbocycles. The smallest absolute Gasteiger partial charge is 0.257 e. The zero-order valence-corrected chi connectivity index (χ0v) is 18.6. The molecule has 0 atom stereocenters. The number of rotatable bonds is 6. The van der Waals surface area contributed by atoms with Gasteiger partial charge in [-0.25, -0.2) is 4.98 Å². The monoisotopic (exact) mass is 492 g/mol. The number of halogens is 1. The van der Waals surface area contributed by atoms with Crippen molar-refractivity contribution in [1.29, 1.82) is 0 Å². The fourth-order valence-electron chi connectivity index (χ4n) is 3.45. The predicted molar refractivity (Wildman–Crippen MR) is 132 cm³/mol. The summed E-state index contributed by atoms with van der Waals surface area (Å²) in [6, 6.07) is 18.1. The maximum atomic E-state index is 12.9. The molecule has 1 N–H and O–H groups in total. The summed E-state index contributed by atoms with van der Waals surface area (Å²) < 4.78 is 0.828. The molecular weight excluding hydrogens is 468 g/mol. The maximum absolute atomic E-state index is 12.9. The Morgan fingerprint density at radius 2 is 1.81 bits per heavy atom. The lowest BCUT2D eigenvalue weighted by Gasteiger charge is -2.14. The lowest BCUT2D eigenvalue weighted by molar-refractivity contribution is 0.0992. The van der Waals surface area contributed by atoms with Crippen molar-refractivity contribution >= 4 is 39.3 Å². The van der Waals surface area contributed by atoms with Crippen LogP contribution in [-0.2, 0) is 6.42 Å². The van der Waals surface area contributed by atoms with Crippen LogP contribution in [0.15, 0.2) is 76.3 Å². The van der Waals surface area contributed by atoms with E-state index in [1.54, 1.807) is 36.5 Å². The number of Topliss-reactive ketones (excluding diaryl/α,β-unsaturated/α-hetero) is 1. The van der Waals surface area contributed by atoms with Gasteiger partial charge in [0.15, 0.2) is 5.78 Å². The van der Waals surface area contributed by atoms with Crippen molar-refractivity contribution in [2.75, 3.05) is 25.5 Å². The van der Waals surface area contributed by atoms with E-state index in [4.69, 9.17) is 0 Å².